The number of nitrogens with zero attached hydrogens (tertiary/aromatic N) is 4. The SMILES string of the molecule is CCNC(=NCc1nnc2ccccn12)NCC1(CCOC)CCC1. The van der Waals surface area contributed by atoms with Crippen LogP contribution in [0.5, 0.6) is 0 Å². The summed E-state index contributed by atoms with van der Waals surface area (Å²) >= 11 is 0. The van der Waals surface area contributed by atoms with Crippen LogP contribution in [0.1, 0.15) is 38.4 Å². The summed E-state index contributed by atoms with van der Waals surface area (Å²) in [4.78, 5) is 4.69. The van der Waals surface area contributed by atoms with E-state index in [-0.39, 0.29) is 0 Å². The highest BCUT2D eigenvalue weighted by molar-refractivity contribution is 5.79. The Bertz CT molecular complexity index is 706. The van der Waals surface area contributed by atoms with Gasteiger partial charge in [0.05, 0.1) is 0 Å². The molecule has 2 aromatic rings. The van der Waals surface area contributed by atoms with Crippen LogP contribution in [0.2, 0.25) is 0 Å². The number of ether oxygens (including phenoxy) is 1. The van der Waals surface area contributed by atoms with Gasteiger partial charge in [0.15, 0.2) is 17.4 Å². The van der Waals surface area contributed by atoms with Crippen molar-refractivity contribution in [3.05, 3.63) is 30.2 Å². The second-order valence-electron chi connectivity index (χ2n) is 6.69. The van der Waals surface area contributed by atoms with Crippen molar-refractivity contribution in [1.29, 1.82) is 0 Å². The van der Waals surface area contributed by atoms with Gasteiger partial charge in [-0.05, 0) is 43.7 Å². The van der Waals surface area contributed by atoms with E-state index in [0.29, 0.717) is 12.0 Å². The number of pyridine rings is 1. The lowest BCUT2D eigenvalue weighted by Gasteiger charge is -2.42. The molecule has 0 amide bonds. The summed E-state index contributed by atoms with van der Waals surface area (Å²) in [6, 6.07) is 5.88. The Balaban J connectivity index is 1.63. The minimum Gasteiger partial charge on any atom is -0.385 e. The van der Waals surface area contributed by atoms with Crippen molar-refractivity contribution in [3.63, 3.8) is 0 Å². The number of hydrogen-bond acceptors (Lipinski definition) is 4. The van der Waals surface area contributed by atoms with Gasteiger partial charge in [0.25, 0.3) is 0 Å². The molecule has 0 bridgehead atoms. The summed E-state index contributed by atoms with van der Waals surface area (Å²) in [5.41, 5.74) is 1.20. The van der Waals surface area contributed by atoms with Crippen LogP contribution in [0.4, 0.5) is 0 Å². The summed E-state index contributed by atoms with van der Waals surface area (Å²) < 4.78 is 7.24. The third kappa shape index (κ3) is 4.28. The molecule has 0 radical (unpaired) electrons. The monoisotopic (exact) mass is 344 g/mol. The van der Waals surface area contributed by atoms with Crippen molar-refractivity contribution in [1.82, 2.24) is 25.2 Å². The summed E-state index contributed by atoms with van der Waals surface area (Å²) in [7, 11) is 1.77. The molecule has 0 aliphatic heterocycles. The third-order valence-electron chi connectivity index (χ3n) is 4.99. The van der Waals surface area contributed by atoms with E-state index in [9.17, 15) is 0 Å². The van der Waals surface area contributed by atoms with Gasteiger partial charge in [0.2, 0.25) is 0 Å². The van der Waals surface area contributed by atoms with Crippen molar-refractivity contribution in [2.24, 2.45) is 10.4 Å². The molecule has 7 nitrogen and oxygen atoms in total. The fourth-order valence-electron chi connectivity index (χ4n) is 3.27. The summed E-state index contributed by atoms with van der Waals surface area (Å²) in [6.45, 7) is 5.15. The first kappa shape index (κ1) is 17.7. The predicted octanol–water partition coefficient (Wildman–Crippen LogP) is 1.99. The van der Waals surface area contributed by atoms with Gasteiger partial charge in [0, 0.05) is 33.0 Å². The summed E-state index contributed by atoms with van der Waals surface area (Å²) in [5.74, 6) is 1.67. The molecule has 25 heavy (non-hydrogen) atoms. The number of fused-ring (bicyclic) bond motifs is 1. The topological polar surface area (TPSA) is 75.8 Å². The molecule has 2 aromatic heterocycles. The third-order valence-corrected chi connectivity index (χ3v) is 4.99. The molecule has 0 aromatic carbocycles. The molecule has 2 heterocycles. The van der Waals surface area contributed by atoms with E-state index in [0.717, 1.165) is 43.5 Å². The first-order valence-electron chi connectivity index (χ1n) is 9.06. The highest BCUT2D eigenvalue weighted by atomic mass is 16.5. The van der Waals surface area contributed by atoms with Crippen molar-refractivity contribution in [2.75, 3.05) is 26.8 Å². The zero-order valence-corrected chi connectivity index (χ0v) is 15.2. The molecule has 0 unspecified atom stereocenters. The van der Waals surface area contributed by atoms with Gasteiger partial charge in [-0.3, -0.25) is 4.40 Å². The number of guanidine groups is 1. The number of nitrogens with one attached hydrogen (secondary N) is 2. The molecule has 0 spiro atoms. The standard InChI is InChI=1S/C18H28N6O/c1-3-19-17(21-14-18(8-6-9-18)10-12-25-2)20-13-16-23-22-15-7-4-5-11-24(15)16/h4-5,7,11H,3,6,8-10,12-14H2,1-2H3,(H2,19,20,21). The average Bonchev–Trinajstić information content (AvgIpc) is 3.01. The van der Waals surface area contributed by atoms with Gasteiger partial charge >= 0.3 is 0 Å². The molecule has 1 saturated carbocycles. The minimum atomic E-state index is 0.355. The maximum atomic E-state index is 5.27. The van der Waals surface area contributed by atoms with Crippen molar-refractivity contribution in [2.45, 2.75) is 39.2 Å². The van der Waals surface area contributed by atoms with Gasteiger partial charge in [-0.15, -0.1) is 10.2 Å². The lowest BCUT2D eigenvalue weighted by atomic mass is 9.67. The normalized spacial score (nSPS) is 16.6. The van der Waals surface area contributed by atoms with Crippen LogP contribution in [0.25, 0.3) is 5.65 Å². The quantitative estimate of drug-likeness (QED) is 0.566. The van der Waals surface area contributed by atoms with Crippen LogP contribution in [0.15, 0.2) is 29.4 Å². The molecule has 2 N–H and O–H groups in total. The Kier molecular flexibility index (Phi) is 5.86. The molecular weight excluding hydrogens is 316 g/mol. The summed E-state index contributed by atoms with van der Waals surface area (Å²) in [6.07, 6.45) is 6.90. The number of aromatic nitrogens is 3. The highest BCUT2D eigenvalue weighted by Crippen LogP contribution is 2.43. The van der Waals surface area contributed by atoms with Gasteiger partial charge in [0.1, 0.15) is 6.54 Å². The molecule has 1 fully saturated rings. The van der Waals surface area contributed by atoms with Gasteiger partial charge in [-0.25, -0.2) is 4.99 Å². The van der Waals surface area contributed by atoms with E-state index >= 15 is 0 Å². The Morgan fingerprint density at radius 2 is 2.20 bits per heavy atom. The fraction of sp³-hybridized carbons (Fsp3) is 0.611. The van der Waals surface area contributed by atoms with Crippen LogP contribution in [-0.2, 0) is 11.3 Å². The molecular formula is C18H28N6O. The molecule has 0 atom stereocenters. The predicted molar refractivity (Wildman–Crippen MR) is 98.6 cm³/mol. The van der Waals surface area contributed by atoms with Gasteiger partial charge in [-0.1, -0.05) is 12.5 Å². The molecule has 0 saturated heterocycles. The molecule has 1 aliphatic carbocycles. The Morgan fingerprint density at radius 3 is 2.92 bits per heavy atom. The Labute approximate surface area is 148 Å². The maximum absolute atomic E-state index is 5.27. The van der Waals surface area contributed by atoms with Crippen LogP contribution in [-0.4, -0.2) is 47.4 Å². The van der Waals surface area contributed by atoms with Gasteiger partial charge in [-0.2, -0.15) is 0 Å². The number of rotatable bonds is 8. The van der Waals surface area contributed by atoms with Crippen LogP contribution >= 0.6 is 0 Å². The van der Waals surface area contributed by atoms with Crippen LogP contribution < -0.4 is 10.6 Å². The summed E-state index contributed by atoms with van der Waals surface area (Å²) in [5, 5.41) is 15.2. The average molecular weight is 344 g/mol. The minimum absolute atomic E-state index is 0.355. The molecule has 3 rings (SSSR count). The number of aliphatic imine (C=N–C) groups is 1. The second kappa shape index (κ2) is 8.29. The van der Waals surface area contributed by atoms with Crippen LogP contribution in [0, 0.1) is 5.41 Å². The molecule has 1 aliphatic rings. The van der Waals surface area contributed by atoms with E-state index in [1.54, 1.807) is 7.11 Å². The largest absolute Gasteiger partial charge is 0.385 e. The van der Waals surface area contributed by atoms with Crippen molar-refractivity contribution in [3.8, 4) is 0 Å². The lowest BCUT2D eigenvalue weighted by molar-refractivity contribution is 0.0732. The number of methoxy groups -OCH3 is 1. The van der Waals surface area contributed by atoms with E-state index in [1.807, 2.05) is 28.8 Å². The van der Waals surface area contributed by atoms with Crippen molar-refractivity contribution < 1.29 is 4.74 Å². The second-order valence-corrected chi connectivity index (χ2v) is 6.69. The molecule has 7 heteroatoms. The number of hydrogen-bond donors (Lipinski definition) is 2. The lowest BCUT2D eigenvalue weighted by Crippen LogP contribution is -2.47. The first-order valence-corrected chi connectivity index (χ1v) is 9.06. The van der Waals surface area contributed by atoms with E-state index in [1.165, 1.54) is 19.3 Å². The van der Waals surface area contributed by atoms with E-state index in [4.69, 9.17) is 4.74 Å². The maximum Gasteiger partial charge on any atom is 0.191 e. The van der Waals surface area contributed by atoms with E-state index < -0.39 is 0 Å². The highest BCUT2D eigenvalue weighted by Gasteiger charge is 2.36. The zero-order valence-electron chi connectivity index (χ0n) is 15.2. The van der Waals surface area contributed by atoms with Gasteiger partial charge < -0.3 is 15.4 Å². The van der Waals surface area contributed by atoms with E-state index in [2.05, 4.69) is 32.7 Å². The Morgan fingerprint density at radius 1 is 1.32 bits per heavy atom. The zero-order chi connectivity index (χ0) is 17.5. The van der Waals surface area contributed by atoms with Crippen LogP contribution in [0.3, 0.4) is 0 Å². The fourth-order valence-corrected chi connectivity index (χ4v) is 3.27. The smallest absolute Gasteiger partial charge is 0.191 e. The Hall–Kier alpha value is -2.15. The van der Waals surface area contributed by atoms with Crippen molar-refractivity contribution >= 4 is 11.6 Å². The first-order chi connectivity index (χ1) is 12.3. The molecule has 136 valence electrons.